The molecule has 1 N–H and O–H groups in total. The van der Waals surface area contributed by atoms with Crippen LogP contribution in [0, 0.1) is 5.41 Å². The summed E-state index contributed by atoms with van der Waals surface area (Å²) in [7, 11) is 0. The Balaban J connectivity index is 2.08. The molecule has 2 aliphatic rings. The van der Waals surface area contributed by atoms with Crippen molar-refractivity contribution < 1.29 is 19.1 Å². The standard InChI is InChI=1S/C12H18N2O4/c1-12(2)9(15)13-11(17)14(10(12)16)7-8-5-3-4-6-18-8/h8H,3-7H2,1-2H3,(H,13,15,17). The van der Waals surface area contributed by atoms with E-state index in [1.807, 2.05) is 0 Å². The van der Waals surface area contributed by atoms with Gasteiger partial charge in [0.15, 0.2) is 0 Å². The molecule has 2 heterocycles. The number of carbonyl (C=O) groups excluding carboxylic acids is 3. The third-order valence-electron chi connectivity index (χ3n) is 3.47. The molecule has 6 nitrogen and oxygen atoms in total. The van der Waals surface area contributed by atoms with Crippen molar-refractivity contribution >= 4 is 17.8 Å². The molecule has 1 unspecified atom stereocenters. The quantitative estimate of drug-likeness (QED) is 0.734. The number of hydrogen-bond acceptors (Lipinski definition) is 4. The van der Waals surface area contributed by atoms with Gasteiger partial charge in [0.1, 0.15) is 5.41 Å². The number of nitrogens with zero attached hydrogens (tertiary/aromatic N) is 1. The zero-order valence-corrected chi connectivity index (χ0v) is 10.7. The molecule has 0 bridgehead atoms. The molecule has 0 saturated carbocycles. The minimum atomic E-state index is -1.19. The third kappa shape index (κ3) is 2.25. The van der Waals surface area contributed by atoms with Crippen molar-refractivity contribution in [3.05, 3.63) is 0 Å². The first kappa shape index (κ1) is 13.0. The Morgan fingerprint density at radius 1 is 1.33 bits per heavy atom. The maximum absolute atomic E-state index is 12.1. The number of rotatable bonds is 2. The second-order valence-corrected chi connectivity index (χ2v) is 5.29. The predicted octanol–water partition coefficient (Wildman–Crippen LogP) is 0.660. The van der Waals surface area contributed by atoms with Crippen molar-refractivity contribution in [2.24, 2.45) is 5.41 Å². The smallest absolute Gasteiger partial charge is 0.330 e. The van der Waals surface area contributed by atoms with Crippen molar-refractivity contribution in [2.75, 3.05) is 13.2 Å². The fourth-order valence-corrected chi connectivity index (χ4v) is 2.17. The van der Waals surface area contributed by atoms with Crippen LogP contribution in [0.5, 0.6) is 0 Å². The number of imide groups is 2. The molecular formula is C12H18N2O4. The molecule has 0 spiro atoms. The van der Waals surface area contributed by atoms with Crippen LogP contribution >= 0.6 is 0 Å². The molecule has 2 aliphatic heterocycles. The Morgan fingerprint density at radius 2 is 2.06 bits per heavy atom. The lowest BCUT2D eigenvalue weighted by atomic mass is 9.88. The van der Waals surface area contributed by atoms with E-state index in [0.29, 0.717) is 6.61 Å². The average molecular weight is 254 g/mol. The van der Waals surface area contributed by atoms with Gasteiger partial charge in [0, 0.05) is 6.61 Å². The van der Waals surface area contributed by atoms with Gasteiger partial charge in [-0.1, -0.05) is 0 Å². The Kier molecular flexibility index (Phi) is 3.38. The van der Waals surface area contributed by atoms with Gasteiger partial charge >= 0.3 is 6.03 Å². The fraction of sp³-hybridized carbons (Fsp3) is 0.750. The predicted molar refractivity (Wildman–Crippen MR) is 62.6 cm³/mol. The Hall–Kier alpha value is -1.43. The van der Waals surface area contributed by atoms with E-state index in [9.17, 15) is 14.4 Å². The van der Waals surface area contributed by atoms with E-state index >= 15 is 0 Å². The van der Waals surface area contributed by atoms with Crippen LogP contribution in [0.2, 0.25) is 0 Å². The normalized spacial score (nSPS) is 28.2. The number of hydrogen-bond donors (Lipinski definition) is 1. The lowest BCUT2D eigenvalue weighted by Crippen LogP contribution is -2.63. The summed E-state index contributed by atoms with van der Waals surface area (Å²) in [5.41, 5.74) is -1.19. The molecule has 1 atom stereocenters. The second kappa shape index (κ2) is 4.68. The van der Waals surface area contributed by atoms with Crippen LogP contribution in [0.15, 0.2) is 0 Å². The molecule has 2 fully saturated rings. The van der Waals surface area contributed by atoms with Gasteiger partial charge in [-0.15, -0.1) is 0 Å². The van der Waals surface area contributed by atoms with E-state index in [0.717, 1.165) is 24.2 Å². The molecule has 6 heteroatoms. The van der Waals surface area contributed by atoms with Gasteiger partial charge in [0.2, 0.25) is 11.8 Å². The van der Waals surface area contributed by atoms with Crippen LogP contribution in [0.3, 0.4) is 0 Å². The lowest BCUT2D eigenvalue weighted by molar-refractivity contribution is -0.150. The molecule has 4 amide bonds. The third-order valence-corrected chi connectivity index (χ3v) is 3.47. The van der Waals surface area contributed by atoms with E-state index in [1.165, 1.54) is 13.8 Å². The molecule has 100 valence electrons. The maximum atomic E-state index is 12.1. The first-order valence-electron chi connectivity index (χ1n) is 6.22. The Bertz CT molecular complexity index is 386. The van der Waals surface area contributed by atoms with Crippen molar-refractivity contribution in [3.8, 4) is 0 Å². The molecule has 0 aromatic heterocycles. The van der Waals surface area contributed by atoms with Crippen molar-refractivity contribution in [3.63, 3.8) is 0 Å². The fourth-order valence-electron chi connectivity index (χ4n) is 2.17. The first-order chi connectivity index (χ1) is 8.43. The summed E-state index contributed by atoms with van der Waals surface area (Å²) in [6.07, 6.45) is 2.78. The first-order valence-corrected chi connectivity index (χ1v) is 6.22. The van der Waals surface area contributed by atoms with Gasteiger partial charge in [0.25, 0.3) is 0 Å². The summed E-state index contributed by atoms with van der Waals surface area (Å²) in [5.74, 6) is -0.997. The van der Waals surface area contributed by atoms with Crippen LogP contribution in [0.1, 0.15) is 33.1 Å². The van der Waals surface area contributed by atoms with Crippen LogP contribution in [-0.2, 0) is 14.3 Å². The van der Waals surface area contributed by atoms with E-state index in [4.69, 9.17) is 4.74 Å². The van der Waals surface area contributed by atoms with Gasteiger partial charge in [-0.3, -0.25) is 19.8 Å². The summed E-state index contributed by atoms with van der Waals surface area (Å²) < 4.78 is 5.51. The van der Waals surface area contributed by atoms with Gasteiger partial charge in [-0.05, 0) is 33.1 Å². The van der Waals surface area contributed by atoms with Crippen molar-refractivity contribution in [1.29, 1.82) is 0 Å². The number of urea groups is 1. The minimum absolute atomic E-state index is 0.113. The number of nitrogens with one attached hydrogen (secondary N) is 1. The largest absolute Gasteiger partial charge is 0.376 e. The van der Waals surface area contributed by atoms with Crippen LogP contribution in [0.4, 0.5) is 4.79 Å². The maximum Gasteiger partial charge on any atom is 0.330 e. The van der Waals surface area contributed by atoms with Crippen LogP contribution < -0.4 is 5.32 Å². The molecule has 0 radical (unpaired) electrons. The van der Waals surface area contributed by atoms with Crippen molar-refractivity contribution in [1.82, 2.24) is 10.2 Å². The number of amides is 4. The molecule has 0 aromatic carbocycles. The lowest BCUT2D eigenvalue weighted by Gasteiger charge is -2.36. The van der Waals surface area contributed by atoms with Crippen LogP contribution in [-0.4, -0.2) is 42.0 Å². The summed E-state index contributed by atoms with van der Waals surface area (Å²) >= 11 is 0. The highest BCUT2D eigenvalue weighted by molar-refractivity contribution is 6.18. The minimum Gasteiger partial charge on any atom is -0.376 e. The zero-order valence-electron chi connectivity index (χ0n) is 10.7. The Labute approximate surface area is 106 Å². The van der Waals surface area contributed by atoms with Gasteiger partial charge in [-0.25, -0.2) is 4.79 Å². The number of ether oxygens (including phenoxy) is 1. The highest BCUT2D eigenvalue weighted by atomic mass is 16.5. The highest BCUT2D eigenvalue weighted by Gasteiger charge is 2.47. The van der Waals surface area contributed by atoms with E-state index in [1.54, 1.807) is 0 Å². The average Bonchev–Trinajstić information content (AvgIpc) is 2.34. The molecule has 0 aromatic rings. The monoisotopic (exact) mass is 254 g/mol. The second-order valence-electron chi connectivity index (χ2n) is 5.29. The number of carbonyl (C=O) groups is 3. The SMILES string of the molecule is CC1(C)C(=O)NC(=O)N(CC2CCCCO2)C1=O. The summed E-state index contributed by atoms with van der Waals surface area (Å²) in [6, 6.07) is -0.640. The van der Waals surface area contributed by atoms with Gasteiger partial charge in [-0.2, -0.15) is 0 Å². The Morgan fingerprint density at radius 3 is 2.67 bits per heavy atom. The summed E-state index contributed by atoms with van der Waals surface area (Å²) in [5, 5.41) is 2.21. The zero-order chi connectivity index (χ0) is 13.3. The molecular weight excluding hydrogens is 236 g/mol. The summed E-state index contributed by atoms with van der Waals surface area (Å²) in [4.78, 5) is 36.5. The van der Waals surface area contributed by atoms with Crippen molar-refractivity contribution in [2.45, 2.75) is 39.2 Å². The van der Waals surface area contributed by atoms with E-state index in [2.05, 4.69) is 5.32 Å². The molecule has 2 saturated heterocycles. The van der Waals surface area contributed by atoms with Crippen LogP contribution in [0.25, 0.3) is 0 Å². The summed E-state index contributed by atoms with van der Waals surface area (Å²) in [6.45, 7) is 3.93. The molecule has 18 heavy (non-hydrogen) atoms. The van der Waals surface area contributed by atoms with E-state index in [-0.39, 0.29) is 12.6 Å². The van der Waals surface area contributed by atoms with E-state index < -0.39 is 23.3 Å². The molecule has 2 rings (SSSR count). The molecule has 0 aliphatic carbocycles. The van der Waals surface area contributed by atoms with Gasteiger partial charge in [0.05, 0.1) is 12.6 Å². The highest BCUT2D eigenvalue weighted by Crippen LogP contribution is 2.24. The topological polar surface area (TPSA) is 75.7 Å². The van der Waals surface area contributed by atoms with Gasteiger partial charge < -0.3 is 4.74 Å². The number of barbiturate groups is 1.